The topological polar surface area (TPSA) is 71.0 Å². The van der Waals surface area contributed by atoms with Gasteiger partial charge in [0, 0.05) is 56.3 Å². The van der Waals surface area contributed by atoms with Gasteiger partial charge >= 0.3 is 5.97 Å². The molecule has 9 heteroatoms. The Morgan fingerprint density at radius 1 is 0.976 bits per heavy atom. The summed E-state index contributed by atoms with van der Waals surface area (Å²) in [4.78, 5) is 13.8. The van der Waals surface area contributed by atoms with Crippen molar-refractivity contribution in [2.75, 3.05) is 26.2 Å². The van der Waals surface area contributed by atoms with Crippen molar-refractivity contribution >= 4 is 5.97 Å². The van der Waals surface area contributed by atoms with Gasteiger partial charge in [-0.05, 0) is 53.1 Å². The van der Waals surface area contributed by atoms with Gasteiger partial charge < -0.3 is 19.9 Å². The first-order valence-electron chi connectivity index (χ1n) is 14.0. The van der Waals surface area contributed by atoms with Crippen LogP contribution < -0.4 is 14.8 Å². The Morgan fingerprint density at radius 3 is 2.17 bits per heavy atom. The van der Waals surface area contributed by atoms with Crippen molar-refractivity contribution in [2.24, 2.45) is 11.8 Å². The number of carboxylic acids is 1. The van der Waals surface area contributed by atoms with E-state index in [1.54, 1.807) is 12.1 Å². The predicted octanol–water partition coefficient (Wildman–Crippen LogP) is 5.40. The van der Waals surface area contributed by atoms with E-state index in [2.05, 4.69) is 19.2 Å². The largest absolute Gasteiger partial charge is 0.492 e. The number of halogens is 3. The molecule has 2 fully saturated rings. The number of rotatable bonds is 13. The number of nitrogens with one attached hydrogen (secondary N) is 1. The number of ether oxygens (including phenoxy) is 2. The van der Waals surface area contributed by atoms with Crippen LogP contribution in [-0.4, -0.2) is 54.4 Å². The second-order valence-electron chi connectivity index (χ2n) is 11.2. The highest BCUT2D eigenvalue weighted by Gasteiger charge is 2.55. The lowest BCUT2D eigenvalue weighted by atomic mass is 10.0. The van der Waals surface area contributed by atoms with Crippen LogP contribution in [0.15, 0.2) is 60.7 Å². The third-order valence-electron chi connectivity index (χ3n) is 7.95. The summed E-state index contributed by atoms with van der Waals surface area (Å²) in [5.41, 5.74) is 1.91. The summed E-state index contributed by atoms with van der Waals surface area (Å²) < 4.78 is 52.6. The Bertz CT molecular complexity index is 1320. The average Bonchev–Trinajstić information content (AvgIpc) is 3.38. The number of benzene rings is 3. The van der Waals surface area contributed by atoms with Gasteiger partial charge in [-0.15, -0.1) is 0 Å². The summed E-state index contributed by atoms with van der Waals surface area (Å²) in [5.74, 6) is -1.15. The molecule has 41 heavy (non-hydrogen) atoms. The van der Waals surface area contributed by atoms with Gasteiger partial charge in [0.2, 0.25) is 0 Å². The Labute approximate surface area is 238 Å². The number of likely N-dealkylation sites (tertiary alicyclic amines) is 1. The Kier molecular flexibility index (Phi) is 8.85. The third kappa shape index (κ3) is 7.21. The summed E-state index contributed by atoms with van der Waals surface area (Å²) in [6, 6.07) is 16.6. The normalized spacial score (nSPS) is 20.6. The molecule has 0 bridgehead atoms. The molecule has 0 amide bonds. The van der Waals surface area contributed by atoms with Gasteiger partial charge in [0.1, 0.15) is 35.6 Å². The monoisotopic (exact) mass is 568 g/mol. The van der Waals surface area contributed by atoms with E-state index in [-0.39, 0.29) is 18.5 Å². The van der Waals surface area contributed by atoms with Crippen LogP contribution in [0.5, 0.6) is 11.5 Å². The van der Waals surface area contributed by atoms with E-state index < -0.39 is 29.5 Å². The number of aliphatic carboxylic acids is 1. The van der Waals surface area contributed by atoms with Crippen molar-refractivity contribution in [1.29, 1.82) is 0 Å². The minimum Gasteiger partial charge on any atom is -0.492 e. The first-order valence-corrected chi connectivity index (χ1v) is 14.0. The quantitative estimate of drug-likeness (QED) is 0.269. The van der Waals surface area contributed by atoms with Crippen molar-refractivity contribution in [2.45, 2.75) is 44.9 Å². The van der Waals surface area contributed by atoms with E-state index >= 15 is 0 Å². The summed E-state index contributed by atoms with van der Waals surface area (Å²) in [7, 11) is 0. The molecule has 218 valence electrons. The van der Waals surface area contributed by atoms with Crippen LogP contribution in [0.3, 0.4) is 0 Å². The van der Waals surface area contributed by atoms with Gasteiger partial charge in [-0.1, -0.05) is 38.1 Å². The van der Waals surface area contributed by atoms with Crippen LogP contribution in [0.25, 0.3) is 0 Å². The van der Waals surface area contributed by atoms with Gasteiger partial charge in [-0.2, -0.15) is 0 Å². The van der Waals surface area contributed by atoms with Crippen LogP contribution in [0.1, 0.15) is 36.5 Å². The number of piperidine rings is 1. The number of hydrogen-bond donors (Lipinski definition) is 2. The first-order chi connectivity index (χ1) is 19.7. The highest BCUT2D eigenvalue weighted by atomic mass is 19.1. The standard InChI is InChI=1S/C32H35F3N2O4/c1-19(2)21-5-9-24(10-6-21)41-30(32(38)39)13-20-3-7-23(8-4-20)40-12-11-36-31-25-16-37(17-26(25)31)18-27-28(34)14-22(33)15-29(27)35/h3-10,14-15,19,25-26,30-31,36H,11-13,16-18H2,1-2H3,(H,38,39)/t25-,26?,30-,31?/m0/s1. The number of carboxylic acid groups (broad SMARTS) is 1. The van der Waals surface area contributed by atoms with Crippen LogP contribution in [-0.2, 0) is 17.8 Å². The lowest BCUT2D eigenvalue weighted by Crippen LogP contribution is -2.33. The zero-order valence-electron chi connectivity index (χ0n) is 23.2. The molecule has 1 aliphatic heterocycles. The van der Waals surface area contributed by atoms with Crippen molar-refractivity contribution in [3.05, 3.63) is 94.8 Å². The van der Waals surface area contributed by atoms with Crippen LogP contribution in [0.2, 0.25) is 0 Å². The van der Waals surface area contributed by atoms with Gasteiger partial charge in [0.15, 0.2) is 6.10 Å². The first kappa shape index (κ1) is 29.0. The van der Waals surface area contributed by atoms with Gasteiger partial charge in [0.05, 0.1) is 0 Å². The zero-order valence-corrected chi connectivity index (χ0v) is 23.2. The van der Waals surface area contributed by atoms with Crippen LogP contribution in [0.4, 0.5) is 13.2 Å². The minimum atomic E-state index is -1.02. The molecule has 1 heterocycles. The fraction of sp³-hybridized carbons (Fsp3) is 0.406. The van der Waals surface area contributed by atoms with Gasteiger partial charge in [-0.25, -0.2) is 18.0 Å². The molecular formula is C32H35F3N2O4. The average molecular weight is 569 g/mol. The molecule has 0 aromatic heterocycles. The molecule has 1 aliphatic carbocycles. The predicted molar refractivity (Wildman–Crippen MR) is 149 cm³/mol. The highest BCUT2D eigenvalue weighted by Crippen LogP contribution is 2.46. The Hall–Kier alpha value is -3.56. The lowest BCUT2D eigenvalue weighted by molar-refractivity contribution is -0.145. The molecule has 1 saturated carbocycles. The highest BCUT2D eigenvalue weighted by molar-refractivity contribution is 5.73. The SMILES string of the molecule is CC(C)c1ccc(O[C@@H](Cc2ccc(OCCNC3C4CN(Cc5c(F)cc(F)cc5F)C[C@@H]43)cc2)C(=O)O)cc1. The fourth-order valence-corrected chi connectivity index (χ4v) is 5.60. The summed E-state index contributed by atoms with van der Waals surface area (Å²) in [5, 5.41) is 13.2. The van der Waals surface area contributed by atoms with Crippen molar-refractivity contribution in [1.82, 2.24) is 10.2 Å². The number of nitrogens with zero attached hydrogens (tertiary/aromatic N) is 1. The van der Waals surface area contributed by atoms with E-state index in [0.29, 0.717) is 48.4 Å². The number of hydrogen-bond acceptors (Lipinski definition) is 5. The smallest absolute Gasteiger partial charge is 0.345 e. The number of carbonyl (C=O) groups is 1. The van der Waals surface area contributed by atoms with E-state index in [9.17, 15) is 23.1 Å². The second-order valence-corrected chi connectivity index (χ2v) is 11.2. The van der Waals surface area contributed by atoms with Crippen LogP contribution in [0, 0.1) is 29.3 Å². The van der Waals surface area contributed by atoms with E-state index in [1.165, 1.54) is 0 Å². The fourth-order valence-electron chi connectivity index (χ4n) is 5.60. The van der Waals surface area contributed by atoms with Gasteiger partial charge in [0.25, 0.3) is 0 Å². The van der Waals surface area contributed by atoms with E-state index in [4.69, 9.17) is 9.47 Å². The molecule has 1 saturated heterocycles. The third-order valence-corrected chi connectivity index (χ3v) is 7.95. The summed E-state index contributed by atoms with van der Waals surface area (Å²) >= 11 is 0. The van der Waals surface area contributed by atoms with Crippen LogP contribution >= 0.6 is 0 Å². The lowest BCUT2D eigenvalue weighted by Gasteiger charge is -2.20. The molecule has 0 radical (unpaired) electrons. The van der Waals surface area contributed by atoms with Crippen molar-refractivity contribution in [3.63, 3.8) is 0 Å². The Balaban J connectivity index is 1.01. The van der Waals surface area contributed by atoms with Gasteiger partial charge in [-0.3, -0.25) is 4.90 Å². The summed E-state index contributed by atoms with van der Waals surface area (Å²) in [6.07, 6.45) is -0.774. The molecule has 2 N–H and O–H groups in total. The Morgan fingerprint density at radius 2 is 1.59 bits per heavy atom. The molecule has 2 unspecified atom stereocenters. The minimum absolute atomic E-state index is 0.0842. The molecule has 2 aliphatic rings. The maximum Gasteiger partial charge on any atom is 0.345 e. The molecular weight excluding hydrogens is 533 g/mol. The molecule has 5 rings (SSSR count). The molecule has 0 spiro atoms. The maximum atomic E-state index is 14.0. The molecule has 4 atom stereocenters. The van der Waals surface area contributed by atoms with E-state index in [0.717, 1.165) is 36.3 Å². The summed E-state index contributed by atoms with van der Waals surface area (Å²) in [6.45, 7) is 6.95. The maximum absolute atomic E-state index is 14.0. The zero-order chi connectivity index (χ0) is 29.1. The van der Waals surface area contributed by atoms with Crippen molar-refractivity contribution < 1.29 is 32.5 Å². The molecule has 3 aromatic rings. The van der Waals surface area contributed by atoms with Crippen molar-refractivity contribution in [3.8, 4) is 11.5 Å². The molecule has 6 nitrogen and oxygen atoms in total. The number of fused-ring (bicyclic) bond motifs is 1. The second kappa shape index (κ2) is 12.5. The van der Waals surface area contributed by atoms with E-state index in [1.807, 2.05) is 41.3 Å². The molecule has 3 aromatic carbocycles.